The number of nitrogens with zero attached hydrogens (tertiary/aromatic N) is 3. The van der Waals surface area contributed by atoms with E-state index in [0.717, 1.165) is 61.9 Å². The quantitative estimate of drug-likeness (QED) is 0.631. The Morgan fingerprint density at radius 1 is 1.07 bits per heavy atom. The first-order valence-corrected chi connectivity index (χ1v) is 10.6. The second-order valence-corrected chi connectivity index (χ2v) is 7.93. The van der Waals surface area contributed by atoms with Gasteiger partial charge in [0.1, 0.15) is 5.82 Å². The van der Waals surface area contributed by atoms with E-state index >= 15 is 0 Å². The van der Waals surface area contributed by atoms with Crippen molar-refractivity contribution in [3.8, 4) is 11.4 Å². The van der Waals surface area contributed by atoms with Crippen LogP contribution in [0.15, 0.2) is 60.8 Å². The molecule has 1 fully saturated rings. The van der Waals surface area contributed by atoms with Crippen LogP contribution in [0.1, 0.15) is 12.1 Å². The number of benzene rings is 2. The highest BCUT2D eigenvalue weighted by atomic mass is 35.5. The zero-order valence-electron chi connectivity index (χ0n) is 16.9. The van der Waals surface area contributed by atoms with Crippen LogP contribution in [0.2, 0.25) is 5.02 Å². The number of halogens is 1. The number of aromatic amines is 1. The topological polar surface area (TPSA) is 64.3 Å². The van der Waals surface area contributed by atoms with Gasteiger partial charge in [0.25, 0.3) is 0 Å². The van der Waals surface area contributed by atoms with E-state index in [1.54, 1.807) is 0 Å². The molecule has 3 aromatic rings. The van der Waals surface area contributed by atoms with E-state index in [-0.39, 0.29) is 12.5 Å². The predicted molar refractivity (Wildman–Crippen MR) is 120 cm³/mol. The molecule has 2 heterocycles. The van der Waals surface area contributed by atoms with Crippen molar-refractivity contribution >= 4 is 23.2 Å². The van der Waals surface area contributed by atoms with Gasteiger partial charge < -0.3 is 15.2 Å². The summed E-state index contributed by atoms with van der Waals surface area (Å²) in [5.41, 5.74) is 3.04. The molecule has 0 aliphatic carbocycles. The van der Waals surface area contributed by atoms with E-state index in [1.165, 1.54) is 0 Å². The van der Waals surface area contributed by atoms with Gasteiger partial charge in [-0.05, 0) is 24.6 Å². The molecule has 0 unspecified atom stereocenters. The summed E-state index contributed by atoms with van der Waals surface area (Å²) in [6.45, 7) is 4.41. The molecular weight excluding hydrogens is 398 g/mol. The number of H-pyrrole nitrogens is 1. The van der Waals surface area contributed by atoms with Gasteiger partial charge in [0.2, 0.25) is 5.91 Å². The molecule has 0 atom stereocenters. The normalized spacial score (nSPS) is 15.0. The van der Waals surface area contributed by atoms with Crippen LogP contribution < -0.4 is 5.32 Å². The van der Waals surface area contributed by atoms with Crippen molar-refractivity contribution < 1.29 is 4.79 Å². The Labute approximate surface area is 181 Å². The van der Waals surface area contributed by atoms with Crippen LogP contribution in [-0.2, 0) is 11.3 Å². The molecule has 1 saturated heterocycles. The van der Waals surface area contributed by atoms with Crippen LogP contribution in [0, 0.1) is 0 Å². The summed E-state index contributed by atoms with van der Waals surface area (Å²) in [5, 5.41) is 3.83. The number of hydrogen-bond acceptors (Lipinski definition) is 4. The number of carbonyl (C=O) groups excluding carboxylic acids is 1. The lowest BCUT2D eigenvalue weighted by atomic mass is 10.2. The molecule has 0 bridgehead atoms. The van der Waals surface area contributed by atoms with E-state index in [1.807, 2.05) is 53.6 Å². The number of rotatable bonds is 6. The van der Waals surface area contributed by atoms with Gasteiger partial charge in [-0.2, -0.15) is 0 Å². The van der Waals surface area contributed by atoms with Gasteiger partial charge in [0, 0.05) is 60.9 Å². The molecule has 1 aliphatic heterocycles. The lowest BCUT2D eigenvalue weighted by molar-refractivity contribution is -0.129. The zero-order chi connectivity index (χ0) is 20.8. The first kappa shape index (κ1) is 20.4. The third kappa shape index (κ3) is 5.40. The van der Waals surface area contributed by atoms with Gasteiger partial charge >= 0.3 is 0 Å². The van der Waals surface area contributed by atoms with Gasteiger partial charge in [-0.15, -0.1) is 0 Å². The second kappa shape index (κ2) is 9.78. The lowest BCUT2D eigenvalue weighted by Gasteiger charge is -2.22. The Kier molecular flexibility index (Phi) is 6.67. The van der Waals surface area contributed by atoms with Crippen molar-refractivity contribution in [2.24, 2.45) is 0 Å². The van der Waals surface area contributed by atoms with E-state index < -0.39 is 0 Å². The molecule has 0 saturated carbocycles. The Morgan fingerprint density at radius 3 is 2.77 bits per heavy atom. The van der Waals surface area contributed by atoms with Crippen molar-refractivity contribution in [2.45, 2.75) is 13.0 Å². The number of hydrogen-bond donors (Lipinski definition) is 2. The Balaban J connectivity index is 1.28. The molecule has 7 heteroatoms. The molecule has 1 aromatic heterocycles. The molecule has 156 valence electrons. The molecule has 6 nitrogen and oxygen atoms in total. The molecule has 2 aromatic carbocycles. The van der Waals surface area contributed by atoms with Gasteiger partial charge in [0.05, 0.1) is 6.54 Å². The molecule has 0 spiro atoms. The number of imidazole rings is 1. The third-order valence-electron chi connectivity index (χ3n) is 5.28. The van der Waals surface area contributed by atoms with Crippen molar-refractivity contribution in [3.05, 3.63) is 71.5 Å². The van der Waals surface area contributed by atoms with Crippen LogP contribution in [0.4, 0.5) is 5.69 Å². The molecule has 2 N–H and O–H groups in total. The summed E-state index contributed by atoms with van der Waals surface area (Å²) in [6, 6.07) is 17.6. The molecule has 4 rings (SSSR count). The summed E-state index contributed by atoms with van der Waals surface area (Å²) in [4.78, 5) is 24.9. The minimum Gasteiger partial charge on any atom is -0.376 e. The molecule has 1 aliphatic rings. The smallest absolute Gasteiger partial charge is 0.241 e. The van der Waals surface area contributed by atoms with E-state index in [9.17, 15) is 4.79 Å². The van der Waals surface area contributed by atoms with E-state index in [0.29, 0.717) is 5.02 Å². The average Bonchev–Trinajstić information content (AvgIpc) is 3.10. The number of nitrogens with one attached hydrogen (secondary N) is 2. The summed E-state index contributed by atoms with van der Waals surface area (Å²) >= 11 is 6.00. The summed E-state index contributed by atoms with van der Waals surface area (Å²) in [5.74, 6) is 1.01. The molecule has 30 heavy (non-hydrogen) atoms. The summed E-state index contributed by atoms with van der Waals surface area (Å²) < 4.78 is 0. The first-order valence-electron chi connectivity index (χ1n) is 10.3. The van der Waals surface area contributed by atoms with Crippen LogP contribution >= 0.6 is 11.6 Å². The van der Waals surface area contributed by atoms with Crippen molar-refractivity contribution in [1.82, 2.24) is 19.8 Å². The number of carbonyl (C=O) groups is 1. The second-order valence-electron chi connectivity index (χ2n) is 7.50. The van der Waals surface area contributed by atoms with Gasteiger partial charge in [-0.1, -0.05) is 48.0 Å². The Bertz CT molecular complexity index is 974. The highest BCUT2D eigenvalue weighted by molar-refractivity contribution is 6.30. The first-order chi connectivity index (χ1) is 14.7. The third-order valence-corrected chi connectivity index (χ3v) is 5.51. The summed E-state index contributed by atoms with van der Waals surface area (Å²) in [6.07, 6.45) is 2.87. The fourth-order valence-electron chi connectivity index (χ4n) is 3.69. The lowest BCUT2D eigenvalue weighted by Crippen LogP contribution is -2.38. The fraction of sp³-hybridized carbons (Fsp3) is 0.304. The highest BCUT2D eigenvalue weighted by Crippen LogP contribution is 2.17. The van der Waals surface area contributed by atoms with Crippen LogP contribution in [0.25, 0.3) is 11.4 Å². The van der Waals surface area contributed by atoms with Gasteiger partial charge in [-0.25, -0.2) is 4.98 Å². The van der Waals surface area contributed by atoms with Crippen LogP contribution in [-0.4, -0.2) is 58.4 Å². The predicted octanol–water partition coefficient (Wildman–Crippen LogP) is 3.88. The minimum atomic E-state index is 0.115. The average molecular weight is 424 g/mol. The number of amides is 1. The van der Waals surface area contributed by atoms with Gasteiger partial charge in [0.15, 0.2) is 0 Å². The highest BCUT2D eigenvalue weighted by Gasteiger charge is 2.19. The number of aromatic nitrogens is 2. The maximum atomic E-state index is 12.6. The zero-order valence-corrected chi connectivity index (χ0v) is 17.6. The maximum Gasteiger partial charge on any atom is 0.241 e. The van der Waals surface area contributed by atoms with Crippen molar-refractivity contribution in [2.75, 3.05) is 38.0 Å². The molecular formula is C23H26ClN5O. The fourth-order valence-corrected chi connectivity index (χ4v) is 3.88. The largest absolute Gasteiger partial charge is 0.376 e. The Hall–Kier alpha value is -2.83. The van der Waals surface area contributed by atoms with E-state index in [2.05, 4.69) is 32.3 Å². The van der Waals surface area contributed by atoms with Crippen molar-refractivity contribution in [3.63, 3.8) is 0 Å². The maximum absolute atomic E-state index is 12.6. The van der Waals surface area contributed by atoms with Crippen LogP contribution in [0.5, 0.6) is 0 Å². The van der Waals surface area contributed by atoms with Gasteiger partial charge in [-0.3, -0.25) is 9.69 Å². The standard InChI is InChI=1S/C23H26ClN5O/c24-19-8-4-9-20(14-19)25-16-22(30)29-11-5-10-28(12-13-29)17-21-15-26-23(27-21)18-6-2-1-3-7-18/h1-4,6-9,14-15,25H,5,10-13,16-17H2,(H,26,27). The molecule has 0 radical (unpaired) electrons. The SMILES string of the molecule is O=C(CNc1cccc(Cl)c1)N1CCCN(Cc2cnc(-c3ccccc3)[nH]2)CC1. The minimum absolute atomic E-state index is 0.115. The molecule has 1 amide bonds. The van der Waals surface area contributed by atoms with Crippen molar-refractivity contribution in [1.29, 1.82) is 0 Å². The van der Waals surface area contributed by atoms with E-state index in [4.69, 9.17) is 11.6 Å². The Morgan fingerprint density at radius 2 is 1.93 bits per heavy atom. The van der Waals surface area contributed by atoms with Crippen LogP contribution in [0.3, 0.4) is 0 Å². The monoisotopic (exact) mass is 423 g/mol. The summed E-state index contributed by atoms with van der Waals surface area (Å²) in [7, 11) is 0. The number of anilines is 1.